The molecule has 0 bridgehead atoms. The smallest absolute Gasteiger partial charge is 0.255 e. The highest BCUT2D eigenvalue weighted by molar-refractivity contribution is 6.08. The lowest BCUT2D eigenvalue weighted by atomic mass is 10.2. The van der Waals surface area contributed by atoms with Crippen molar-refractivity contribution in [3.63, 3.8) is 0 Å². The predicted octanol–water partition coefficient (Wildman–Crippen LogP) is -1.81. The summed E-state index contributed by atoms with van der Waals surface area (Å²) < 4.78 is 0. The van der Waals surface area contributed by atoms with Gasteiger partial charge in [-0.15, -0.1) is 0 Å². The minimum atomic E-state index is -0.739. The van der Waals surface area contributed by atoms with Crippen LogP contribution >= 0.6 is 0 Å². The summed E-state index contributed by atoms with van der Waals surface area (Å²) in [6, 6.07) is -0.739. The van der Waals surface area contributed by atoms with E-state index in [0.29, 0.717) is 0 Å². The number of fused-ring (bicyclic) bond motifs is 1. The monoisotopic (exact) mass is 237 g/mol. The Bertz CT molecular complexity index is 456. The minimum Gasteiger partial charge on any atom is -0.297 e. The van der Waals surface area contributed by atoms with E-state index in [2.05, 4.69) is 20.6 Å². The molecule has 0 aliphatic carbocycles. The van der Waals surface area contributed by atoms with Gasteiger partial charge in [-0.25, -0.2) is 4.99 Å². The van der Waals surface area contributed by atoms with Crippen molar-refractivity contribution < 1.29 is 14.4 Å². The molecule has 8 heteroatoms. The van der Waals surface area contributed by atoms with Crippen LogP contribution in [0, 0.1) is 0 Å². The van der Waals surface area contributed by atoms with Crippen molar-refractivity contribution in [2.24, 2.45) is 9.98 Å². The Labute approximate surface area is 96.8 Å². The Balaban J connectivity index is 2.26. The van der Waals surface area contributed by atoms with E-state index >= 15 is 0 Å². The quantitative estimate of drug-likeness (QED) is 0.519. The first-order chi connectivity index (χ1) is 7.99. The van der Waals surface area contributed by atoms with E-state index in [1.807, 2.05) is 0 Å². The molecule has 3 amide bonds. The Morgan fingerprint density at radius 3 is 2.76 bits per heavy atom. The van der Waals surface area contributed by atoms with Crippen LogP contribution in [0.15, 0.2) is 9.98 Å². The summed E-state index contributed by atoms with van der Waals surface area (Å²) >= 11 is 0. The largest absolute Gasteiger partial charge is 0.297 e. The van der Waals surface area contributed by atoms with Gasteiger partial charge in [0.15, 0.2) is 12.2 Å². The highest BCUT2D eigenvalue weighted by Crippen LogP contribution is 2.18. The van der Waals surface area contributed by atoms with E-state index < -0.39 is 18.1 Å². The number of carbonyl (C=O) groups is 3. The first-order valence-corrected chi connectivity index (χ1v) is 4.97. The number of hydrogen-bond donors (Lipinski definition) is 2. The lowest BCUT2D eigenvalue weighted by Crippen LogP contribution is -2.56. The second-order valence-electron chi connectivity index (χ2n) is 3.70. The number of aliphatic imine (C=N–C) groups is 2. The molecule has 0 aromatic rings. The average Bonchev–Trinajstić information content (AvgIpc) is 2.60. The molecule has 2 aliphatic heterocycles. The first kappa shape index (κ1) is 11.2. The van der Waals surface area contributed by atoms with Crippen LogP contribution in [0.3, 0.4) is 0 Å². The maximum absolute atomic E-state index is 11.6. The summed E-state index contributed by atoms with van der Waals surface area (Å²) in [5.41, 5.74) is 0. The Hall–Kier alpha value is -2.25. The summed E-state index contributed by atoms with van der Waals surface area (Å²) in [5.74, 6) is -0.966. The number of nitrogens with one attached hydrogen (secondary N) is 2. The highest BCUT2D eigenvalue weighted by Gasteiger charge is 2.41. The number of rotatable bonds is 0. The van der Waals surface area contributed by atoms with Gasteiger partial charge in [-0.2, -0.15) is 0 Å². The second-order valence-corrected chi connectivity index (χ2v) is 3.70. The van der Waals surface area contributed by atoms with Gasteiger partial charge >= 0.3 is 0 Å². The molecule has 17 heavy (non-hydrogen) atoms. The van der Waals surface area contributed by atoms with E-state index in [9.17, 15) is 14.4 Å². The van der Waals surface area contributed by atoms with Crippen LogP contribution in [-0.2, 0) is 14.4 Å². The van der Waals surface area contributed by atoms with Crippen LogP contribution in [-0.4, -0.2) is 47.1 Å². The molecular formula is C9H11N5O3. The summed E-state index contributed by atoms with van der Waals surface area (Å²) in [6.07, 6.45) is 0.584. The molecule has 0 aromatic heterocycles. The van der Waals surface area contributed by atoms with Crippen LogP contribution in [0.5, 0.6) is 0 Å². The zero-order valence-corrected chi connectivity index (χ0v) is 9.30. The van der Waals surface area contributed by atoms with Crippen LogP contribution in [0.25, 0.3) is 0 Å². The fraction of sp³-hybridized carbons (Fsp3) is 0.444. The van der Waals surface area contributed by atoms with Crippen molar-refractivity contribution in [2.45, 2.75) is 26.1 Å². The van der Waals surface area contributed by atoms with Gasteiger partial charge in [0.25, 0.3) is 5.91 Å². The van der Waals surface area contributed by atoms with Gasteiger partial charge < -0.3 is 0 Å². The molecule has 2 aliphatic rings. The van der Waals surface area contributed by atoms with Crippen molar-refractivity contribution in [3.8, 4) is 0 Å². The normalized spacial score (nSPS) is 26.1. The molecule has 0 saturated carbocycles. The van der Waals surface area contributed by atoms with Gasteiger partial charge in [-0.1, -0.05) is 0 Å². The molecular weight excluding hydrogens is 226 g/mol. The standard InChI is InChI=1S/C9H11N5O3/c1-4(15)11-9-12-7-6(8(17)13-9)10-3-14(7)5(2)16/h3,6-7H,1-2H3,(H2,11,12,13,15,17)/t6-,7-/m1/s1. The molecule has 0 aromatic carbocycles. The SMILES string of the molecule is CC(=O)NC1=N[C@H]2[C@@H](N=CN2C(C)=O)C(=O)N1. The fourth-order valence-electron chi connectivity index (χ4n) is 1.63. The third kappa shape index (κ3) is 2.01. The minimum absolute atomic E-state index is 0.0421. The summed E-state index contributed by atoms with van der Waals surface area (Å²) in [4.78, 5) is 43.0. The number of carbonyl (C=O) groups excluding carboxylic acids is 3. The molecule has 0 spiro atoms. The van der Waals surface area contributed by atoms with Crippen LogP contribution in [0.4, 0.5) is 0 Å². The fourth-order valence-corrected chi connectivity index (χ4v) is 1.63. The topological polar surface area (TPSA) is 103 Å². The number of amides is 3. The number of nitrogens with zero attached hydrogens (tertiary/aromatic N) is 3. The first-order valence-electron chi connectivity index (χ1n) is 4.97. The van der Waals surface area contributed by atoms with E-state index in [-0.39, 0.29) is 17.8 Å². The van der Waals surface area contributed by atoms with Gasteiger partial charge in [0, 0.05) is 13.8 Å². The van der Waals surface area contributed by atoms with E-state index in [0.717, 1.165) is 0 Å². The molecule has 90 valence electrons. The van der Waals surface area contributed by atoms with Crippen LogP contribution in [0.1, 0.15) is 13.8 Å². The van der Waals surface area contributed by atoms with Gasteiger partial charge in [0.1, 0.15) is 0 Å². The summed E-state index contributed by atoms with van der Waals surface area (Å²) in [6.45, 7) is 2.66. The van der Waals surface area contributed by atoms with Gasteiger partial charge in [0.2, 0.25) is 17.8 Å². The van der Waals surface area contributed by atoms with Gasteiger partial charge in [-0.05, 0) is 0 Å². The van der Waals surface area contributed by atoms with Crippen molar-refractivity contribution in [2.75, 3.05) is 0 Å². The van der Waals surface area contributed by atoms with Crippen molar-refractivity contribution in [3.05, 3.63) is 0 Å². The molecule has 2 N–H and O–H groups in total. The lowest BCUT2D eigenvalue weighted by molar-refractivity contribution is -0.127. The zero-order valence-electron chi connectivity index (χ0n) is 9.30. The van der Waals surface area contributed by atoms with Crippen molar-refractivity contribution >= 4 is 30.0 Å². The Morgan fingerprint density at radius 2 is 2.18 bits per heavy atom. The summed E-state index contributed by atoms with van der Waals surface area (Å²) in [7, 11) is 0. The number of guanidine groups is 1. The lowest BCUT2D eigenvalue weighted by Gasteiger charge is -2.26. The van der Waals surface area contributed by atoms with Crippen LogP contribution in [0.2, 0.25) is 0 Å². The maximum Gasteiger partial charge on any atom is 0.255 e. The molecule has 0 radical (unpaired) electrons. The maximum atomic E-state index is 11.6. The Morgan fingerprint density at radius 1 is 1.47 bits per heavy atom. The molecule has 2 atom stereocenters. The van der Waals surface area contributed by atoms with Crippen molar-refractivity contribution in [1.29, 1.82) is 0 Å². The third-order valence-electron chi connectivity index (χ3n) is 2.35. The third-order valence-corrected chi connectivity index (χ3v) is 2.35. The molecule has 8 nitrogen and oxygen atoms in total. The van der Waals surface area contributed by atoms with Crippen molar-refractivity contribution in [1.82, 2.24) is 15.5 Å². The molecule has 0 saturated heterocycles. The molecule has 0 unspecified atom stereocenters. The van der Waals surface area contributed by atoms with Gasteiger partial charge in [0.05, 0.1) is 6.34 Å². The summed E-state index contributed by atoms with van der Waals surface area (Å²) in [5, 5.41) is 4.78. The molecule has 0 fully saturated rings. The molecule has 2 rings (SSSR count). The van der Waals surface area contributed by atoms with Crippen LogP contribution < -0.4 is 10.6 Å². The second kappa shape index (κ2) is 3.96. The Kier molecular flexibility index (Phi) is 2.62. The zero-order chi connectivity index (χ0) is 12.6. The predicted molar refractivity (Wildman–Crippen MR) is 58.0 cm³/mol. The van der Waals surface area contributed by atoms with E-state index in [1.165, 1.54) is 25.1 Å². The van der Waals surface area contributed by atoms with Gasteiger partial charge in [-0.3, -0.25) is 34.9 Å². The average molecular weight is 237 g/mol. The van der Waals surface area contributed by atoms with E-state index in [1.54, 1.807) is 0 Å². The van der Waals surface area contributed by atoms with E-state index in [4.69, 9.17) is 0 Å². The number of hydrogen-bond acceptors (Lipinski definition) is 5. The molecule has 2 heterocycles. The highest BCUT2D eigenvalue weighted by atomic mass is 16.2.